The summed E-state index contributed by atoms with van der Waals surface area (Å²) in [7, 11) is 1.63. The predicted molar refractivity (Wildman–Crippen MR) is 116 cm³/mol. The maximum Gasteiger partial charge on any atom is 0.238 e. The molecule has 2 aromatic heterocycles. The van der Waals surface area contributed by atoms with Crippen molar-refractivity contribution in [2.75, 3.05) is 45.5 Å². The van der Waals surface area contributed by atoms with Crippen LogP contribution in [0.4, 0.5) is 5.82 Å². The van der Waals surface area contributed by atoms with Crippen LogP contribution in [0, 0.1) is 12.8 Å². The number of aryl methyl sites for hydroxylation is 1. The van der Waals surface area contributed by atoms with E-state index in [9.17, 15) is 0 Å². The smallest absolute Gasteiger partial charge is 0.238 e. The number of ether oxygens (including phenoxy) is 3. The van der Waals surface area contributed by atoms with Crippen LogP contribution in [-0.4, -0.2) is 65.9 Å². The molecule has 0 aliphatic carbocycles. The number of piperidine rings is 1. The van der Waals surface area contributed by atoms with Crippen LogP contribution < -0.4 is 14.8 Å². The summed E-state index contributed by atoms with van der Waals surface area (Å²) >= 11 is 0. The third-order valence-electron chi connectivity index (χ3n) is 6.07. The highest BCUT2D eigenvalue weighted by Gasteiger charge is 2.25. The van der Waals surface area contributed by atoms with Crippen LogP contribution in [0.2, 0.25) is 0 Å². The van der Waals surface area contributed by atoms with E-state index in [4.69, 9.17) is 19.3 Å². The Balaban J connectivity index is 1.53. The van der Waals surface area contributed by atoms with Crippen molar-refractivity contribution in [1.29, 1.82) is 0 Å². The summed E-state index contributed by atoms with van der Waals surface area (Å²) in [6, 6.07) is 2.64. The summed E-state index contributed by atoms with van der Waals surface area (Å²) in [5.41, 5.74) is 2.91. The van der Waals surface area contributed by atoms with Crippen LogP contribution in [0.25, 0.3) is 5.69 Å². The average Bonchev–Trinajstić information content (AvgIpc) is 2.92. The van der Waals surface area contributed by atoms with Gasteiger partial charge < -0.3 is 24.4 Å². The summed E-state index contributed by atoms with van der Waals surface area (Å²) in [6.07, 6.45) is 4.89. The Kier molecular flexibility index (Phi) is 6.43. The van der Waals surface area contributed by atoms with Crippen LogP contribution in [-0.2, 0) is 11.2 Å². The van der Waals surface area contributed by atoms with Gasteiger partial charge in [0.2, 0.25) is 11.8 Å². The highest BCUT2D eigenvalue weighted by Crippen LogP contribution is 2.32. The van der Waals surface area contributed by atoms with Crippen molar-refractivity contribution in [3.05, 3.63) is 23.4 Å². The zero-order valence-corrected chi connectivity index (χ0v) is 18.5. The summed E-state index contributed by atoms with van der Waals surface area (Å²) < 4.78 is 19.1. The minimum absolute atomic E-state index is 0.453. The first-order valence-corrected chi connectivity index (χ1v) is 10.9. The normalized spacial score (nSPS) is 18.0. The van der Waals surface area contributed by atoms with E-state index in [0.717, 1.165) is 42.1 Å². The molecule has 0 spiro atoms. The van der Waals surface area contributed by atoms with Gasteiger partial charge in [0.15, 0.2) is 0 Å². The molecule has 30 heavy (non-hydrogen) atoms. The number of rotatable bonds is 6. The van der Waals surface area contributed by atoms with E-state index in [1.165, 1.54) is 12.8 Å². The van der Waals surface area contributed by atoms with Gasteiger partial charge in [0.05, 0.1) is 37.8 Å². The summed E-state index contributed by atoms with van der Waals surface area (Å²) in [5, 5.41) is 8.16. The van der Waals surface area contributed by atoms with Crippen molar-refractivity contribution < 1.29 is 14.2 Å². The van der Waals surface area contributed by atoms with E-state index in [2.05, 4.69) is 29.0 Å². The Labute approximate surface area is 178 Å². The first kappa shape index (κ1) is 20.9. The quantitative estimate of drug-likeness (QED) is 0.777. The van der Waals surface area contributed by atoms with Crippen molar-refractivity contribution in [2.24, 2.45) is 5.92 Å². The van der Waals surface area contributed by atoms with Gasteiger partial charge in [0.25, 0.3) is 0 Å². The van der Waals surface area contributed by atoms with E-state index in [1.54, 1.807) is 13.3 Å². The molecular weight excluding hydrogens is 382 g/mol. The Morgan fingerprint density at radius 1 is 1.27 bits per heavy atom. The molecular formula is C22H33N5O3. The molecule has 2 aromatic rings. The zero-order valence-electron chi connectivity index (χ0n) is 18.5. The van der Waals surface area contributed by atoms with Crippen LogP contribution >= 0.6 is 0 Å². The lowest BCUT2D eigenvalue weighted by molar-refractivity contribution is 0.116. The fourth-order valence-electron chi connectivity index (χ4n) is 4.22. The topological polar surface area (TPSA) is 73.7 Å². The molecule has 0 radical (unpaired) electrons. The lowest BCUT2D eigenvalue weighted by Gasteiger charge is -2.34. The number of hydrogen-bond acceptors (Lipinski definition) is 7. The molecule has 0 bridgehead atoms. The highest BCUT2D eigenvalue weighted by molar-refractivity contribution is 5.56. The largest absolute Gasteiger partial charge is 0.481 e. The van der Waals surface area contributed by atoms with Crippen LogP contribution in [0.15, 0.2) is 12.3 Å². The summed E-state index contributed by atoms with van der Waals surface area (Å²) in [4.78, 5) is 6.95. The number of nitrogens with zero attached hydrogens (tertiary/aromatic N) is 4. The molecule has 2 aliphatic heterocycles. The van der Waals surface area contributed by atoms with Crippen molar-refractivity contribution in [3.8, 4) is 17.4 Å². The standard InChI is InChI=1S/C22H33N5O3/c1-15(2)26-8-5-17(6-9-26)13-30-22-19-7-10-29-14-24-20(19)27(25-22)18-11-16(3)21(28-4)23-12-18/h11-12,15,17,24H,5-10,13-14H2,1-4H3. The molecule has 1 saturated heterocycles. The molecule has 8 heteroatoms. The second-order valence-electron chi connectivity index (χ2n) is 8.43. The van der Waals surface area contributed by atoms with Gasteiger partial charge in [-0.2, -0.15) is 0 Å². The molecule has 0 unspecified atom stereocenters. The molecule has 4 heterocycles. The van der Waals surface area contributed by atoms with Gasteiger partial charge in [-0.25, -0.2) is 9.67 Å². The van der Waals surface area contributed by atoms with E-state index >= 15 is 0 Å². The van der Waals surface area contributed by atoms with Gasteiger partial charge >= 0.3 is 0 Å². The molecule has 0 aromatic carbocycles. The summed E-state index contributed by atoms with van der Waals surface area (Å²) in [5.74, 6) is 2.81. The SMILES string of the molecule is COc1ncc(-n2nc(OCC3CCN(C(C)C)CC3)c3c2NCOCC3)cc1C. The highest BCUT2D eigenvalue weighted by atomic mass is 16.5. The van der Waals surface area contributed by atoms with Gasteiger partial charge in [-0.1, -0.05) is 0 Å². The van der Waals surface area contributed by atoms with Gasteiger partial charge in [0, 0.05) is 18.0 Å². The molecule has 0 amide bonds. The fraction of sp³-hybridized carbons (Fsp3) is 0.636. The Morgan fingerprint density at radius 3 is 2.77 bits per heavy atom. The second kappa shape index (κ2) is 9.22. The number of likely N-dealkylation sites (tertiary alicyclic amines) is 1. The van der Waals surface area contributed by atoms with E-state index in [-0.39, 0.29) is 0 Å². The maximum atomic E-state index is 6.28. The monoisotopic (exact) mass is 415 g/mol. The van der Waals surface area contributed by atoms with Crippen LogP contribution in [0.1, 0.15) is 37.8 Å². The number of nitrogens with one attached hydrogen (secondary N) is 1. The van der Waals surface area contributed by atoms with Gasteiger partial charge in [-0.15, -0.1) is 5.10 Å². The van der Waals surface area contributed by atoms with Crippen molar-refractivity contribution in [3.63, 3.8) is 0 Å². The molecule has 0 saturated carbocycles. The molecule has 1 N–H and O–H groups in total. The van der Waals surface area contributed by atoms with Gasteiger partial charge in [0.1, 0.15) is 12.5 Å². The Morgan fingerprint density at radius 2 is 2.07 bits per heavy atom. The third kappa shape index (κ3) is 4.39. The van der Waals surface area contributed by atoms with Gasteiger partial charge in [-0.05, 0) is 58.7 Å². The molecule has 0 atom stereocenters. The number of anilines is 1. The van der Waals surface area contributed by atoms with Crippen LogP contribution in [0.3, 0.4) is 0 Å². The number of methoxy groups -OCH3 is 1. The minimum atomic E-state index is 0.453. The lowest BCUT2D eigenvalue weighted by Crippen LogP contribution is -2.39. The van der Waals surface area contributed by atoms with Crippen molar-refractivity contribution in [1.82, 2.24) is 19.7 Å². The first-order chi connectivity index (χ1) is 14.6. The van der Waals surface area contributed by atoms with E-state index in [1.807, 2.05) is 17.7 Å². The number of pyridine rings is 1. The molecule has 8 nitrogen and oxygen atoms in total. The fourth-order valence-corrected chi connectivity index (χ4v) is 4.22. The Bertz CT molecular complexity index is 859. The molecule has 1 fully saturated rings. The van der Waals surface area contributed by atoms with E-state index in [0.29, 0.717) is 43.7 Å². The summed E-state index contributed by atoms with van der Waals surface area (Å²) in [6.45, 7) is 10.6. The maximum absolute atomic E-state index is 6.28. The number of fused-ring (bicyclic) bond motifs is 1. The Hall–Kier alpha value is -2.32. The molecule has 4 rings (SSSR count). The molecule has 2 aliphatic rings. The molecule has 164 valence electrons. The average molecular weight is 416 g/mol. The van der Waals surface area contributed by atoms with E-state index < -0.39 is 0 Å². The number of aromatic nitrogens is 3. The van der Waals surface area contributed by atoms with Crippen molar-refractivity contribution >= 4 is 5.82 Å². The first-order valence-electron chi connectivity index (χ1n) is 10.9. The van der Waals surface area contributed by atoms with Gasteiger partial charge in [-0.3, -0.25) is 0 Å². The van der Waals surface area contributed by atoms with Crippen molar-refractivity contribution in [2.45, 2.75) is 46.1 Å². The second-order valence-corrected chi connectivity index (χ2v) is 8.43. The van der Waals surface area contributed by atoms with Crippen LogP contribution in [0.5, 0.6) is 11.8 Å². The lowest BCUT2D eigenvalue weighted by atomic mass is 9.97. The number of hydrogen-bond donors (Lipinski definition) is 1. The zero-order chi connectivity index (χ0) is 21.1. The minimum Gasteiger partial charge on any atom is -0.481 e. The third-order valence-corrected chi connectivity index (χ3v) is 6.07. The predicted octanol–water partition coefficient (Wildman–Crippen LogP) is 3.03.